The monoisotopic (exact) mass is 407 g/mol. The highest BCUT2D eigenvalue weighted by Gasteiger charge is 2.13. The maximum atomic E-state index is 12.7. The summed E-state index contributed by atoms with van der Waals surface area (Å²) >= 11 is 13.3. The largest absolute Gasteiger partial charge is 0.496 e. The lowest BCUT2D eigenvalue weighted by atomic mass is 10.2. The molecule has 0 radical (unpaired) electrons. The number of thiazole rings is 1. The summed E-state index contributed by atoms with van der Waals surface area (Å²) in [6, 6.07) is 8.49. The van der Waals surface area contributed by atoms with Gasteiger partial charge in [0.25, 0.3) is 5.91 Å². The molecule has 0 bridgehead atoms. The van der Waals surface area contributed by atoms with Crippen molar-refractivity contribution in [1.29, 1.82) is 0 Å². The molecule has 3 rings (SSSR count). The van der Waals surface area contributed by atoms with Gasteiger partial charge in [0.05, 0.1) is 19.2 Å². The van der Waals surface area contributed by atoms with Gasteiger partial charge < -0.3 is 9.30 Å². The Bertz CT molecular complexity index is 1010. The summed E-state index contributed by atoms with van der Waals surface area (Å²) < 4.78 is 7.14. The van der Waals surface area contributed by atoms with E-state index in [2.05, 4.69) is 9.98 Å². The van der Waals surface area contributed by atoms with Gasteiger partial charge in [-0.3, -0.25) is 4.79 Å². The lowest BCUT2D eigenvalue weighted by Crippen LogP contribution is -2.17. The predicted octanol–water partition coefficient (Wildman–Crippen LogP) is 4.36. The van der Waals surface area contributed by atoms with Crippen LogP contribution in [0.5, 0.6) is 5.75 Å². The van der Waals surface area contributed by atoms with E-state index in [1.165, 1.54) is 18.4 Å². The number of methoxy groups -OCH3 is 1. The Kier molecular flexibility index (Phi) is 5.76. The lowest BCUT2D eigenvalue weighted by Gasteiger charge is -2.06. The van der Waals surface area contributed by atoms with Crippen LogP contribution in [-0.2, 0) is 6.54 Å². The molecular weight excluding hydrogens is 393 g/mol. The van der Waals surface area contributed by atoms with Crippen LogP contribution in [0.1, 0.15) is 20.8 Å². The number of aryl methyl sites for hydroxylation is 1. The van der Waals surface area contributed by atoms with Gasteiger partial charge in [-0.25, -0.2) is 4.98 Å². The van der Waals surface area contributed by atoms with E-state index in [-0.39, 0.29) is 0 Å². The van der Waals surface area contributed by atoms with E-state index in [4.69, 9.17) is 27.9 Å². The SMILES string of the molecule is COc1ccc(Cl)cc1C(=O)/N=c1\sc(C)cn1Cc1ccc(Cl)nc1. The van der Waals surface area contributed by atoms with Gasteiger partial charge in [-0.1, -0.05) is 29.3 Å². The first-order chi connectivity index (χ1) is 12.5. The van der Waals surface area contributed by atoms with Crippen molar-refractivity contribution < 1.29 is 9.53 Å². The van der Waals surface area contributed by atoms with Gasteiger partial charge in [-0.2, -0.15) is 4.99 Å². The van der Waals surface area contributed by atoms with Crippen LogP contribution in [0.2, 0.25) is 10.2 Å². The zero-order valence-electron chi connectivity index (χ0n) is 14.1. The van der Waals surface area contributed by atoms with Crippen molar-refractivity contribution in [3.63, 3.8) is 0 Å². The quantitative estimate of drug-likeness (QED) is 0.603. The number of pyridine rings is 1. The highest BCUT2D eigenvalue weighted by molar-refractivity contribution is 7.09. The van der Waals surface area contributed by atoms with E-state index in [1.54, 1.807) is 30.5 Å². The molecule has 0 saturated carbocycles. The first-order valence-electron chi connectivity index (χ1n) is 7.66. The second-order valence-corrected chi connectivity index (χ2v) is 7.54. The number of ether oxygens (including phenoxy) is 1. The molecule has 0 N–H and O–H groups in total. The molecule has 0 unspecified atom stereocenters. The molecule has 0 fully saturated rings. The highest BCUT2D eigenvalue weighted by atomic mass is 35.5. The van der Waals surface area contributed by atoms with E-state index < -0.39 is 5.91 Å². The van der Waals surface area contributed by atoms with Gasteiger partial charge in [-0.05, 0) is 36.8 Å². The van der Waals surface area contributed by atoms with Crippen molar-refractivity contribution in [2.24, 2.45) is 4.99 Å². The zero-order valence-corrected chi connectivity index (χ0v) is 16.4. The normalized spacial score (nSPS) is 11.6. The smallest absolute Gasteiger partial charge is 0.283 e. The number of rotatable bonds is 4. The maximum Gasteiger partial charge on any atom is 0.283 e. The zero-order chi connectivity index (χ0) is 18.7. The molecule has 2 aromatic heterocycles. The Morgan fingerprint density at radius 2 is 2.12 bits per heavy atom. The van der Waals surface area contributed by atoms with E-state index in [1.807, 2.05) is 23.8 Å². The molecule has 1 aromatic carbocycles. The molecule has 0 atom stereocenters. The van der Waals surface area contributed by atoms with Gasteiger partial charge >= 0.3 is 0 Å². The number of nitrogens with zero attached hydrogens (tertiary/aromatic N) is 3. The Balaban J connectivity index is 1.97. The summed E-state index contributed by atoms with van der Waals surface area (Å²) in [5, 5.41) is 0.889. The van der Waals surface area contributed by atoms with Crippen LogP contribution in [0.3, 0.4) is 0 Å². The molecule has 3 aromatic rings. The third kappa shape index (κ3) is 4.33. The lowest BCUT2D eigenvalue weighted by molar-refractivity contribution is 0.0995. The molecule has 0 spiro atoms. The van der Waals surface area contributed by atoms with Crippen LogP contribution < -0.4 is 9.54 Å². The number of hydrogen-bond donors (Lipinski definition) is 0. The fourth-order valence-electron chi connectivity index (χ4n) is 2.40. The summed E-state index contributed by atoms with van der Waals surface area (Å²) in [7, 11) is 1.50. The third-order valence-corrected chi connectivity index (χ3v) is 4.96. The Hall–Kier alpha value is -2.15. The minimum absolute atomic E-state index is 0.325. The minimum Gasteiger partial charge on any atom is -0.496 e. The van der Waals surface area contributed by atoms with Crippen molar-refractivity contribution in [2.75, 3.05) is 7.11 Å². The van der Waals surface area contributed by atoms with Crippen LogP contribution in [0.4, 0.5) is 0 Å². The van der Waals surface area contributed by atoms with Crippen LogP contribution in [0, 0.1) is 6.92 Å². The summed E-state index contributed by atoms with van der Waals surface area (Å²) in [6.07, 6.45) is 3.65. The topological polar surface area (TPSA) is 56.5 Å². The predicted molar refractivity (Wildman–Crippen MR) is 103 cm³/mol. The molecule has 0 aliphatic heterocycles. The molecule has 1 amide bonds. The van der Waals surface area contributed by atoms with Crippen molar-refractivity contribution in [2.45, 2.75) is 13.5 Å². The third-order valence-electron chi connectivity index (χ3n) is 3.57. The van der Waals surface area contributed by atoms with E-state index in [0.717, 1.165) is 10.4 Å². The summed E-state index contributed by atoms with van der Waals surface area (Å²) in [6.45, 7) is 2.50. The second kappa shape index (κ2) is 8.03. The van der Waals surface area contributed by atoms with E-state index >= 15 is 0 Å². The Labute approximate surface area is 164 Å². The molecule has 0 aliphatic carbocycles. The number of benzene rings is 1. The average molecular weight is 408 g/mol. The average Bonchev–Trinajstić information content (AvgIpc) is 2.95. The number of hydrogen-bond acceptors (Lipinski definition) is 4. The van der Waals surface area contributed by atoms with Crippen molar-refractivity contribution in [3.05, 3.63) is 73.7 Å². The molecule has 5 nitrogen and oxygen atoms in total. The maximum absolute atomic E-state index is 12.7. The molecule has 26 heavy (non-hydrogen) atoms. The van der Waals surface area contributed by atoms with Crippen molar-refractivity contribution in [1.82, 2.24) is 9.55 Å². The number of amides is 1. The highest BCUT2D eigenvalue weighted by Crippen LogP contribution is 2.23. The molecule has 0 saturated heterocycles. The number of carbonyl (C=O) groups is 1. The Morgan fingerprint density at radius 1 is 1.31 bits per heavy atom. The fraction of sp³-hybridized carbons (Fsp3) is 0.167. The van der Waals surface area contributed by atoms with Gasteiger partial charge in [-0.15, -0.1) is 11.3 Å². The first kappa shape index (κ1) is 18.6. The van der Waals surface area contributed by atoms with Crippen molar-refractivity contribution >= 4 is 40.4 Å². The van der Waals surface area contributed by atoms with Gasteiger partial charge in [0.2, 0.25) is 0 Å². The summed E-state index contributed by atoms with van der Waals surface area (Å²) in [5.41, 5.74) is 1.28. The number of aromatic nitrogens is 2. The van der Waals surface area contributed by atoms with Crippen LogP contribution >= 0.6 is 34.5 Å². The van der Waals surface area contributed by atoms with Gasteiger partial charge in [0.15, 0.2) is 4.80 Å². The fourth-order valence-corrected chi connectivity index (χ4v) is 3.51. The molecule has 2 heterocycles. The standard InChI is InChI=1S/C18H15Cl2N3O2S/c1-11-9-23(10-12-3-6-16(20)21-8-12)18(26-11)22-17(24)14-7-13(19)4-5-15(14)25-2/h3-9H,10H2,1-2H3/b22-18-. The van der Waals surface area contributed by atoms with Gasteiger partial charge in [0.1, 0.15) is 10.9 Å². The van der Waals surface area contributed by atoms with E-state index in [9.17, 15) is 4.79 Å². The number of halogens is 2. The molecular formula is C18H15Cl2N3O2S. The van der Waals surface area contributed by atoms with Crippen LogP contribution in [0.15, 0.2) is 47.7 Å². The molecule has 134 valence electrons. The first-order valence-corrected chi connectivity index (χ1v) is 9.23. The van der Waals surface area contributed by atoms with Crippen molar-refractivity contribution in [3.8, 4) is 5.75 Å². The summed E-state index contributed by atoms with van der Waals surface area (Å²) in [5.74, 6) is 0.0269. The van der Waals surface area contributed by atoms with Gasteiger partial charge in [0, 0.05) is 22.3 Å². The Morgan fingerprint density at radius 3 is 2.81 bits per heavy atom. The number of carbonyl (C=O) groups excluding carboxylic acids is 1. The minimum atomic E-state index is -0.408. The summed E-state index contributed by atoms with van der Waals surface area (Å²) in [4.78, 5) is 22.6. The van der Waals surface area contributed by atoms with Crippen LogP contribution in [0.25, 0.3) is 0 Å². The second-order valence-electron chi connectivity index (χ2n) is 5.50. The molecule has 0 aliphatic rings. The molecule has 8 heteroatoms. The van der Waals surface area contributed by atoms with E-state index in [0.29, 0.717) is 32.8 Å². The van der Waals surface area contributed by atoms with Crippen LogP contribution in [-0.4, -0.2) is 22.6 Å².